The summed E-state index contributed by atoms with van der Waals surface area (Å²) in [6.45, 7) is 0. The number of benzene rings is 2. The topological polar surface area (TPSA) is 94.8 Å². The zero-order chi connectivity index (χ0) is 11.9. The first-order chi connectivity index (χ1) is 7.41. The quantitative estimate of drug-likeness (QED) is 0.403. The van der Waals surface area contributed by atoms with E-state index < -0.39 is 26.5 Å². The summed E-state index contributed by atoms with van der Waals surface area (Å²) in [7, 11) is -4.59. The van der Waals surface area contributed by atoms with Crippen LogP contribution in [0, 0.1) is 0 Å². The molecule has 3 N–H and O–H groups in total. The predicted molar refractivity (Wildman–Crippen MR) is 64.2 cm³/mol. The molecule has 0 spiro atoms. The molecule has 0 atom stereocenters. The molecule has 2 rings (SSSR count). The van der Waals surface area contributed by atoms with E-state index in [1.807, 2.05) is 0 Å². The Kier molecular flexibility index (Phi) is 4.06. The average Bonchev–Trinajstić information content (AvgIpc) is 2.17. The van der Waals surface area contributed by atoms with Crippen LogP contribution in [0.3, 0.4) is 0 Å². The molecule has 0 radical (unpaired) electrons. The van der Waals surface area contributed by atoms with Gasteiger partial charge in [-0.3, -0.25) is 4.55 Å². The molecular formula is C10H9NaO5S. The Morgan fingerprint density at radius 2 is 1.65 bits per heavy atom. The van der Waals surface area contributed by atoms with Crippen molar-refractivity contribution in [3.8, 4) is 11.5 Å². The fourth-order valence-corrected chi connectivity index (χ4v) is 2.36. The van der Waals surface area contributed by atoms with Gasteiger partial charge in [-0.15, -0.1) is 0 Å². The monoisotopic (exact) mass is 264 g/mol. The van der Waals surface area contributed by atoms with Crippen LogP contribution in [0.2, 0.25) is 0 Å². The Morgan fingerprint density at radius 3 is 2.24 bits per heavy atom. The number of phenols is 2. The number of fused-ring (bicyclic) bond motifs is 1. The molecule has 0 heterocycles. The minimum absolute atomic E-state index is 0. The second-order valence-corrected chi connectivity index (χ2v) is 4.63. The van der Waals surface area contributed by atoms with E-state index in [9.17, 15) is 18.6 Å². The number of rotatable bonds is 1. The summed E-state index contributed by atoms with van der Waals surface area (Å²) in [4.78, 5) is -0.678. The maximum atomic E-state index is 11.1. The Labute approximate surface area is 120 Å². The summed E-state index contributed by atoms with van der Waals surface area (Å²) >= 11 is 0. The standard InChI is InChI=1S/C10H8O5S.Na.H/c11-8-5-6-3-1-2-4-7(6)10(9(8)12)16(13,14)15;;/h1-5,11-12H,(H,13,14,15);;. The van der Waals surface area contributed by atoms with Crippen LogP contribution in [0.25, 0.3) is 10.8 Å². The van der Waals surface area contributed by atoms with Gasteiger partial charge in [-0.05, 0) is 11.5 Å². The van der Waals surface area contributed by atoms with Gasteiger partial charge in [0.25, 0.3) is 10.1 Å². The van der Waals surface area contributed by atoms with Gasteiger partial charge in [0.05, 0.1) is 0 Å². The van der Waals surface area contributed by atoms with Crippen molar-refractivity contribution in [1.82, 2.24) is 0 Å². The predicted octanol–water partition coefficient (Wildman–Crippen LogP) is 0.849. The molecule has 0 saturated carbocycles. The minimum atomic E-state index is -4.59. The second kappa shape index (κ2) is 4.83. The number of hydrogen-bond acceptors (Lipinski definition) is 4. The van der Waals surface area contributed by atoms with Crippen molar-refractivity contribution < 1.29 is 23.2 Å². The summed E-state index contributed by atoms with van der Waals surface area (Å²) in [6.07, 6.45) is 0. The molecule has 0 aromatic heterocycles. The molecular weight excluding hydrogens is 255 g/mol. The Morgan fingerprint density at radius 1 is 1.06 bits per heavy atom. The molecule has 17 heavy (non-hydrogen) atoms. The molecule has 0 amide bonds. The zero-order valence-corrected chi connectivity index (χ0v) is 8.77. The van der Waals surface area contributed by atoms with Crippen molar-refractivity contribution in [1.29, 1.82) is 0 Å². The Bertz CT molecular complexity index is 666. The summed E-state index contributed by atoms with van der Waals surface area (Å²) in [5, 5.41) is 19.3. The van der Waals surface area contributed by atoms with E-state index in [1.165, 1.54) is 12.1 Å². The van der Waals surface area contributed by atoms with Gasteiger partial charge >= 0.3 is 29.6 Å². The van der Waals surface area contributed by atoms with Gasteiger partial charge in [-0.1, -0.05) is 24.3 Å². The van der Waals surface area contributed by atoms with Crippen molar-refractivity contribution in [2.75, 3.05) is 0 Å². The molecule has 0 saturated heterocycles. The third-order valence-electron chi connectivity index (χ3n) is 2.21. The number of hydrogen-bond donors (Lipinski definition) is 3. The molecule has 2 aromatic rings. The fraction of sp³-hybridized carbons (Fsp3) is 0. The SMILES string of the molecule is O=S(=O)(O)c1c(O)c(O)cc2ccccc12.[NaH]. The van der Waals surface area contributed by atoms with E-state index in [0.717, 1.165) is 0 Å². The van der Waals surface area contributed by atoms with Crippen molar-refractivity contribution >= 4 is 50.4 Å². The van der Waals surface area contributed by atoms with Crippen LogP contribution >= 0.6 is 0 Å². The van der Waals surface area contributed by atoms with Crippen molar-refractivity contribution in [3.05, 3.63) is 30.3 Å². The van der Waals surface area contributed by atoms with E-state index in [4.69, 9.17) is 4.55 Å². The first-order valence-corrected chi connectivity index (χ1v) is 5.76. The van der Waals surface area contributed by atoms with Crippen LogP contribution in [-0.2, 0) is 10.1 Å². The Hall–Kier alpha value is -0.790. The van der Waals surface area contributed by atoms with Gasteiger partial charge in [-0.25, -0.2) is 0 Å². The molecule has 0 bridgehead atoms. The summed E-state index contributed by atoms with van der Waals surface area (Å²) < 4.78 is 31.2. The van der Waals surface area contributed by atoms with E-state index in [1.54, 1.807) is 18.2 Å². The van der Waals surface area contributed by atoms with Gasteiger partial charge in [0.2, 0.25) is 0 Å². The first kappa shape index (κ1) is 14.3. The molecule has 7 heteroatoms. The molecule has 0 fully saturated rings. The van der Waals surface area contributed by atoms with E-state index in [2.05, 4.69) is 0 Å². The zero-order valence-electron chi connectivity index (χ0n) is 7.95. The van der Waals surface area contributed by atoms with E-state index in [-0.39, 0.29) is 34.9 Å². The third-order valence-corrected chi connectivity index (χ3v) is 3.14. The van der Waals surface area contributed by atoms with Crippen LogP contribution in [0.1, 0.15) is 0 Å². The normalized spacial score (nSPS) is 11.1. The van der Waals surface area contributed by atoms with Crippen molar-refractivity contribution in [2.45, 2.75) is 4.90 Å². The fourth-order valence-electron chi connectivity index (χ4n) is 1.55. The van der Waals surface area contributed by atoms with Gasteiger partial charge in [0.15, 0.2) is 11.5 Å². The first-order valence-electron chi connectivity index (χ1n) is 4.32. The third kappa shape index (κ3) is 2.56. The van der Waals surface area contributed by atoms with Crippen LogP contribution in [0.15, 0.2) is 35.2 Å². The molecule has 0 aliphatic rings. The number of phenolic OH excluding ortho intramolecular Hbond substituents is 2. The van der Waals surface area contributed by atoms with Gasteiger partial charge in [0.1, 0.15) is 4.90 Å². The average molecular weight is 264 g/mol. The molecule has 0 aliphatic carbocycles. The van der Waals surface area contributed by atoms with Gasteiger partial charge < -0.3 is 10.2 Å². The van der Waals surface area contributed by atoms with Crippen LogP contribution in [0.5, 0.6) is 11.5 Å². The molecule has 5 nitrogen and oxygen atoms in total. The molecule has 0 aliphatic heterocycles. The van der Waals surface area contributed by atoms with Gasteiger partial charge in [0, 0.05) is 5.39 Å². The van der Waals surface area contributed by atoms with E-state index in [0.29, 0.717) is 5.39 Å². The molecule has 2 aromatic carbocycles. The number of aromatic hydroxyl groups is 2. The van der Waals surface area contributed by atoms with Crippen LogP contribution < -0.4 is 0 Å². The second-order valence-electron chi connectivity index (χ2n) is 3.27. The van der Waals surface area contributed by atoms with Gasteiger partial charge in [-0.2, -0.15) is 8.42 Å². The van der Waals surface area contributed by atoms with E-state index >= 15 is 0 Å². The molecule has 0 unspecified atom stereocenters. The summed E-state index contributed by atoms with van der Waals surface area (Å²) in [5.74, 6) is -1.44. The van der Waals surface area contributed by atoms with Crippen LogP contribution in [-0.4, -0.2) is 52.7 Å². The Balaban J connectivity index is 0.00000144. The van der Waals surface area contributed by atoms with Crippen LogP contribution in [0.4, 0.5) is 0 Å². The summed E-state index contributed by atoms with van der Waals surface area (Å²) in [5.41, 5.74) is 0. The van der Waals surface area contributed by atoms with Crippen molar-refractivity contribution in [2.24, 2.45) is 0 Å². The molecule has 86 valence electrons. The summed E-state index contributed by atoms with van der Waals surface area (Å²) in [6, 6.07) is 7.42. The van der Waals surface area contributed by atoms with Crippen molar-refractivity contribution in [3.63, 3.8) is 0 Å². The maximum absolute atomic E-state index is 11.1.